The van der Waals surface area contributed by atoms with Crippen molar-refractivity contribution in [2.45, 2.75) is 20.8 Å². The van der Waals surface area contributed by atoms with Crippen LogP contribution < -0.4 is 11.3 Å². The van der Waals surface area contributed by atoms with Crippen LogP contribution in [0.15, 0.2) is 41.3 Å². The Bertz CT molecular complexity index is 986. The summed E-state index contributed by atoms with van der Waals surface area (Å²) < 4.78 is 0.916. The van der Waals surface area contributed by atoms with Crippen LogP contribution in [-0.4, -0.2) is 15.6 Å². The number of rotatable bonds is 1. The van der Waals surface area contributed by atoms with E-state index in [0.29, 0.717) is 0 Å². The smallest absolute Gasteiger partial charge is 0.325 e. The molecule has 0 saturated carbocycles. The first kappa shape index (κ1) is 15.0. The summed E-state index contributed by atoms with van der Waals surface area (Å²) in [7, 11) is 0. The molecule has 2 aromatic heterocycles. The second kappa shape index (κ2) is 5.35. The first-order valence-electron chi connectivity index (χ1n) is 7.29. The number of primary amides is 1. The first-order chi connectivity index (χ1) is 10.9. The summed E-state index contributed by atoms with van der Waals surface area (Å²) in [6.45, 7) is 5.78. The van der Waals surface area contributed by atoms with Gasteiger partial charge in [0, 0.05) is 22.8 Å². The fraction of sp³-hybridized carbons (Fsp3) is 0.167. The lowest BCUT2D eigenvalue weighted by Crippen LogP contribution is -2.32. The molecule has 116 valence electrons. The molecule has 0 aliphatic rings. The van der Waals surface area contributed by atoms with Gasteiger partial charge in [-0.05, 0) is 38.0 Å². The number of hydrogen-bond donors (Lipinski definition) is 1. The van der Waals surface area contributed by atoms with Crippen molar-refractivity contribution in [3.8, 4) is 11.1 Å². The molecule has 0 unspecified atom stereocenters. The Balaban J connectivity index is 2.46. The summed E-state index contributed by atoms with van der Waals surface area (Å²) in [4.78, 5) is 28.5. The van der Waals surface area contributed by atoms with E-state index in [1.807, 2.05) is 51.1 Å². The number of carbonyl (C=O) groups is 1. The van der Waals surface area contributed by atoms with E-state index in [4.69, 9.17) is 5.73 Å². The van der Waals surface area contributed by atoms with Crippen LogP contribution in [0.5, 0.6) is 0 Å². The highest BCUT2D eigenvalue weighted by molar-refractivity contribution is 5.96. The third kappa shape index (κ3) is 2.50. The predicted octanol–water partition coefficient (Wildman–Crippen LogP) is 2.92. The van der Waals surface area contributed by atoms with Gasteiger partial charge in [0.15, 0.2) is 0 Å². The van der Waals surface area contributed by atoms with Crippen molar-refractivity contribution in [3.05, 3.63) is 63.7 Å². The van der Waals surface area contributed by atoms with Crippen LogP contribution in [0.1, 0.15) is 16.8 Å². The molecule has 3 aromatic rings. The maximum Gasteiger partial charge on any atom is 0.325 e. The molecule has 5 heteroatoms. The van der Waals surface area contributed by atoms with Crippen molar-refractivity contribution in [1.82, 2.24) is 9.55 Å². The minimum atomic E-state index is -0.815. The summed E-state index contributed by atoms with van der Waals surface area (Å²) in [6, 6.07) is 8.99. The van der Waals surface area contributed by atoms with E-state index in [9.17, 15) is 9.59 Å². The molecule has 2 heterocycles. The zero-order valence-corrected chi connectivity index (χ0v) is 13.3. The molecule has 0 radical (unpaired) electrons. The summed E-state index contributed by atoms with van der Waals surface area (Å²) >= 11 is 0. The molecule has 0 saturated heterocycles. The molecule has 2 N–H and O–H groups in total. The summed E-state index contributed by atoms with van der Waals surface area (Å²) in [5, 5.41) is 0.722. The van der Waals surface area contributed by atoms with Crippen LogP contribution in [0.2, 0.25) is 0 Å². The SMILES string of the molecule is Cc1ccc(-c2cn(C(N)=O)c(=O)c3nc(C)c(C)cc23)cc1. The largest absolute Gasteiger partial charge is 0.351 e. The molecule has 0 aliphatic heterocycles. The molecular formula is C18H17N3O2. The van der Waals surface area contributed by atoms with Gasteiger partial charge in [-0.25, -0.2) is 14.3 Å². The lowest BCUT2D eigenvalue weighted by molar-refractivity contribution is 0.249. The number of nitrogens with two attached hydrogens (primary N) is 1. The molecule has 0 fully saturated rings. The quantitative estimate of drug-likeness (QED) is 0.751. The minimum Gasteiger partial charge on any atom is -0.351 e. The number of benzene rings is 1. The predicted molar refractivity (Wildman–Crippen MR) is 90.6 cm³/mol. The van der Waals surface area contributed by atoms with Crippen LogP contribution in [0.3, 0.4) is 0 Å². The highest BCUT2D eigenvalue weighted by Crippen LogP contribution is 2.27. The lowest BCUT2D eigenvalue weighted by atomic mass is 10.00. The van der Waals surface area contributed by atoms with Gasteiger partial charge in [0.2, 0.25) is 0 Å². The average molecular weight is 307 g/mol. The Morgan fingerprint density at radius 1 is 1.13 bits per heavy atom. The Morgan fingerprint density at radius 2 is 1.78 bits per heavy atom. The van der Waals surface area contributed by atoms with Gasteiger partial charge in [0.25, 0.3) is 5.56 Å². The van der Waals surface area contributed by atoms with E-state index in [1.165, 1.54) is 6.20 Å². The maximum atomic E-state index is 12.5. The van der Waals surface area contributed by atoms with Crippen molar-refractivity contribution in [2.75, 3.05) is 0 Å². The van der Waals surface area contributed by atoms with E-state index in [-0.39, 0.29) is 5.52 Å². The van der Waals surface area contributed by atoms with Crippen molar-refractivity contribution in [2.24, 2.45) is 5.73 Å². The molecule has 0 spiro atoms. The molecule has 0 bridgehead atoms. The van der Waals surface area contributed by atoms with E-state index in [0.717, 1.165) is 37.9 Å². The van der Waals surface area contributed by atoms with Gasteiger partial charge >= 0.3 is 6.03 Å². The number of amides is 1. The average Bonchev–Trinajstić information content (AvgIpc) is 2.50. The molecule has 1 aromatic carbocycles. The Kier molecular flexibility index (Phi) is 3.48. The van der Waals surface area contributed by atoms with Gasteiger partial charge in [-0.2, -0.15) is 0 Å². The van der Waals surface area contributed by atoms with Gasteiger partial charge in [0.1, 0.15) is 5.52 Å². The van der Waals surface area contributed by atoms with Gasteiger partial charge in [-0.3, -0.25) is 4.79 Å². The second-order valence-corrected chi connectivity index (χ2v) is 5.71. The standard InChI is InChI=1S/C18H17N3O2/c1-10-4-6-13(7-5-10)15-9-21(18(19)23)17(22)16-14(15)8-11(2)12(3)20-16/h4-9H,1-3H3,(H2,19,23). The zero-order chi connectivity index (χ0) is 16.7. The van der Waals surface area contributed by atoms with Crippen LogP contribution in [0.4, 0.5) is 4.79 Å². The number of aromatic nitrogens is 2. The molecule has 5 nitrogen and oxygen atoms in total. The maximum absolute atomic E-state index is 12.5. The monoisotopic (exact) mass is 307 g/mol. The van der Waals surface area contributed by atoms with E-state index >= 15 is 0 Å². The van der Waals surface area contributed by atoms with Crippen molar-refractivity contribution in [3.63, 3.8) is 0 Å². The highest BCUT2D eigenvalue weighted by Gasteiger charge is 2.15. The first-order valence-corrected chi connectivity index (χ1v) is 7.29. The van der Waals surface area contributed by atoms with Gasteiger partial charge in [0.05, 0.1) is 0 Å². The van der Waals surface area contributed by atoms with E-state index in [2.05, 4.69) is 4.98 Å². The number of nitrogens with zero attached hydrogens (tertiary/aromatic N) is 2. The summed E-state index contributed by atoms with van der Waals surface area (Å²) in [5.41, 5.74) is 9.64. The number of carbonyl (C=O) groups excluding carboxylic acids is 1. The molecule has 23 heavy (non-hydrogen) atoms. The topological polar surface area (TPSA) is 78.0 Å². The van der Waals surface area contributed by atoms with Crippen molar-refractivity contribution < 1.29 is 4.79 Å². The number of aryl methyl sites for hydroxylation is 3. The lowest BCUT2D eigenvalue weighted by Gasteiger charge is -2.12. The third-order valence-corrected chi connectivity index (χ3v) is 4.04. The molecular weight excluding hydrogens is 290 g/mol. The van der Waals surface area contributed by atoms with Gasteiger partial charge in [-0.1, -0.05) is 29.8 Å². The van der Waals surface area contributed by atoms with Crippen LogP contribution in [0, 0.1) is 20.8 Å². The fourth-order valence-corrected chi connectivity index (χ4v) is 2.57. The molecule has 3 rings (SSSR count). The van der Waals surface area contributed by atoms with Crippen molar-refractivity contribution in [1.29, 1.82) is 0 Å². The van der Waals surface area contributed by atoms with Crippen LogP contribution in [-0.2, 0) is 0 Å². The Morgan fingerprint density at radius 3 is 2.39 bits per heavy atom. The Labute approximate surface area is 133 Å². The number of fused-ring (bicyclic) bond motifs is 1. The number of hydrogen-bond acceptors (Lipinski definition) is 3. The summed E-state index contributed by atoms with van der Waals surface area (Å²) in [5.74, 6) is 0. The zero-order valence-electron chi connectivity index (χ0n) is 13.3. The van der Waals surface area contributed by atoms with E-state index in [1.54, 1.807) is 0 Å². The third-order valence-electron chi connectivity index (χ3n) is 4.04. The highest BCUT2D eigenvalue weighted by atomic mass is 16.2. The molecule has 0 atom stereocenters. The molecule has 1 amide bonds. The molecule has 0 aliphatic carbocycles. The van der Waals surface area contributed by atoms with Gasteiger partial charge < -0.3 is 5.73 Å². The van der Waals surface area contributed by atoms with Crippen LogP contribution in [0.25, 0.3) is 22.0 Å². The fourth-order valence-electron chi connectivity index (χ4n) is 2.57. The van der Waals surface area contributed by atoms with Crippen molar-refractivity contribution >= 4 is 16.9 Å². The Hall–Kier alpha value is -2.95. The summed E-state index contributed by atoms with van der Waals surface area (Å²) in [6.07, 6.45) is 1.49. The second-order valence-electron chi connectivity index (χ2n) is 5.71. The van der Waals surface area contributed by atoms with Gasteiger partial charge in [-0.15, -0.1) is 0 Å². The van der Waals surface area contributed by atoms with Crippen LogP contribution >= 0.6 is 0 Å². The van der Waals surface area contributed by atoms with E-state index < -0.39 is 11.6 Å². The number of pyridine rings is 2. The minimum absolute atomic E-state index is 0.255. The normalized spacial score (nSPS) is 10.9.